The molecule has 0 amide bonds. The van der Waals surface area contributed by atoms with Crippen LogP contribution in [-0.4, -0.2) is 45.7 Å². The minimum Gasteiger partial charge on any atom is -0.579 e. The van der Waals surface area contributed by atoms with Gasteiger partial charge in [-0.2, -0.15) is 0 Å². The summed E-state index contributed by atoms with van der Waals surface area (Å²) in [6, 6.07) is 13.2. The number of nitrogens with one attached hydrogen (secondary N) is 1. The summed E-state index contributed by atoms with van der Waals surface area (Å²) < 4.78 is 40.2. The van der Waals surface area contributed by atoms with Crippen LogP contribution < -0.4 is 19.3 Å². The van der Waals surface area contributed by atoms with Gasteiger partial charge in [0.25, 0.3) is 5.19 Å². The molecule has 0 aliphatic carbocycles. The van der Waals surface area contributed by atoms with Crippen molar-refractivity contribution in [3.63, 3.8) is 0 Å². The zero-order valence-electron chi connectivity index (χ0n) is 17.4. The number of aromatic nitrogens is 1. The van der Waals surface area contributed by atoms with Crippen LogP contribution in [0.3, 0.4) is 0 Å². The van der Waals surface area contributed by atoms with Crippen molar-refractivity contribution in [2.24, 2.45) is 5.14 Å². The SMILES string of the molecule is N[S+]([O-])N[C@H]1C[C@H]2CC[C@@H](C1)N2CCOc1ccc(Oc2nc3cc(F)ccc3s2)cc1. The molecule has 10 heteroatoms. The monoisotopic (exact) mass is 476 g/mol. The highest BCUT2D eigenvalue weighted by molar-refractivity contribution is 7.87. The average molecular weight is 477 g/mol. The molecule has 2 fully saturated rings. The highest BCUT2D eigenvalue weighted by Gasteiger charge is 2.41. The van der Waals surface area contributed by atoms with Crippen molar-refractivity contribution < 1.29 is 18.4 Å². The summed E-state index contributed by atoms with van der Waals surface area (Å²) in [7, 11) is 0. The maximum absolute atomic E-state index is 13.3. The number of hydrogen-bond donors (Lipinski definition) is 2. The van der Waals surface area contributed by atoms with E-state index in [1.807, 2.05) is 24.3 Å². The largest absolute Gasteiger partial charge is 0.579 e. The van der Waals surface area contributed by atoms with Gasteiger partial charge in [0.05, 0.1) is 16.3 Å². The minimum atomic E-state index is -1.45. The Morgan fingerprint density at radius 2 is 1.88 bits per heavy atom. The topological polar surface area (TPSA) is 95.7 Å². The fourth-order valence-corrected chi connectivity index (χ4v) is 6.13. The maximum atomic E-state index is 13.3. The first-order chi connectivity index (χ1) is 15.5. The average Bonchev–Trinajstić information content (AvgIpc) is 3.25. The van der Waals surface area contributed by atoms with Crippen molar-refractivity contribution >= 4 is 33.1 Å². The lowest BCUT2D eigenvalue weighted by Gasteiger charge is -2.38. The van der Waals surface area contributed by atoms with E-state index in [2.05, 4.69) is 14.6 Å². The molecule has 0 radical (unpaired) electrons. The molecule has 3 heterocycles. The molecule has 1 aromatic heterocycles. The number of ether oxygens (including phenoxy) is 2. The van der Waals surface area contributed by atoms with Crippen molar-refractivity contribution in [2.45, 2.75) is 43.8 Å². The van der Waals surface area contributed by atoms with E-state index in [1.165, 1.54) is 36.3 Å². The highest BCUT2D eigenvalue weighted by atomic mass is 32.2. The lowest BCUT2D eigenvalue weighted by Crippen LogP contribution is -2.52. The van der Waals surface area contributed by atoms with Crippen molar-refractivity contribution in [2.75, 3.05) is 13.2 Å². The van der Waals surface area contributed by atoms with Crippen LogP contribution in [0.4, 0.5) is 4.39 Å². The van der Waals surface area contributed by atoms with Gasteiger partial charge in [-0.1, -0.05) is 11.3 Å². The van der Waals surface area contributed by atoms with Crippen LogP contribution in [0.25, 0.3) is 10.2 Å². The summed E-state index contributed by atoms with van der Waals surface area (Å²) in [5, 5.41) is 5.87. The number of thiazole rings is 1. The molecule has 2 aliphatic rings. The Hall–Kier alpha value is -1.95. The molecule has 2 saturated heterocycles. The Morgan fingerprint density at radius 1 is 1.16 bits per heavy atom. The second-order valence-electron chi connectivity index (χ2n) is 8.22. The van der Waals surface area contributed by atoms with Crippen LogP contribution in [-0.2, 0) is 11.5 Å². The van der Waals surface area contributed by atoms with Gasteiger partial charge in [-0.05, 0) is 62.1 Å². The molecular formula is C22H25FN4O3S2. The molecule has 2 aliphatic heterocycles. The Bertz CT molecular complexity index is 1050. The fraction of sp³-hybridized carbons (Fsp3) is 0.409. The summed E-state index contributed by atoms with van der Waals surface area (Å²) in [5.41, 5.74) is 0.593. The van der Waals surface area contributed by atoms with Crippen molar-refractivity contribution in [1.29, 1.82) is 0 Å². The fourth-order valence-electron chi connectivity index (χ4n) is 4.80. The number of rotatable bonds is 8. The van der Waals surface area contributed by atoms with Crippen LogP contribution in [0.5, 0.6) is 16.7 Å². The number of benzene rings is 2. The molecular weight excluding hydrogens is 451 g/mol. The van der Waals surface area contributed by atoms with Crippen LogP contribution in [0.2, 0.25) is 0 Å². The Kier molecular flexibility index (Phi) is 6.49. The summed E-state index contributed by atoms with van der Waals surface area (Å²) >= 11 is -0.0700. The van der Waals surface area contributed by atoms with E-state index in [9.17, 15) is 8.94 Å². The van der Waals surface area contributed by atoms with Crippen molar-refractivity contribution in [1.82, 2.24) is 14.6 Å². The van der Waals surface area contributed by atoms with Gasteiger partial charge in [-0.15, -0.1) is 9.86 Å². The lowest BCUT2D eigenvalue weighted by molar-refractivity contribution is 0.103. The van der Waals surface area contributed by atoms with Gasteiger partial charge in [-0.25, -0.2) is 9.37 Å². The normalized spacial score (nSPS) is 24.0. The van der Waals surface area contributed by atoms with Gasteiger partial charge in [0.1, 0.15) is 35.5 Å². The third-order valence-corrected chi connectivity index (χ3v) is 7.62. The summed E-state index contributed by atoms with van der Waals surface area (Å²) in [5.74, 6) is 1.13. The van der Waals surface area contributed by atoms with E-state index in [4.69, 9.17) is 14.6 Å². The van der Waals surface area contributed by atoms with Gasteiger partial charge in [0, 0.05) is 24.7 Å². The van der Waals surface area contributed by atoms with Gasteiger partial charge in [-0.3, -0.25) is 4.90 Å². The van der Waals surface area contributed by atoms with Gasteiger partial charge >= 0.3 is 0 Å². The number of nitrogens with two attached hydrogens (primary N) is 1. The Labute approximate surface area is 193 Å². The van der Waals surface area contributed by atoms with Gasteiger partial charge in [0.2, 0.25) is 0 Å². The molecule has 5 rings (SSSR count). The predicted octanol–water partition coefficient (Wildman–Crippen LogP) is 3.73. The standard InChI is InChI=1S/C22H25FN4O3S2/c23-14-1-8-21-20(11-14)25-22(31-21)30-19-6-4-18(5-7-19)29-10-9-27-16-2-3-17(27)13-15(12-16)26-32(24)28/h1,4-8,11,15-17,26H,2-3,9-10,12-13,24H2/t15-,16+,17-,32?. The molecule has 0 saturated carbocycles. The third-order valence-electron chi connectivity index (χ3n) is 6.14. The highest BCUT2D eigenvalue weighted by Crippen LogP contribution is 2.36. The number of halogens is 1. The molecule has 2 bridgehead atoms. The smallest absolute Gasteiger partial charge is 0.279 e. The minimum absolute atomic E-state index is 0.234. The first-order valence-corrected chi connectivity index (χ1v) is 12.7. The lowest BCUT2D eigenvalue weighted by atomic mass is 9.98. The van der Waals surface area contributed by atoms with Crippen LogP contribution in [0.1, 0.15) is 25.7 Å². The predicted molar refractivity (Wildman–Crippen MR) is 124 cm³/mol. The molecule has 7 nitrogen and oxygen atoms in total. The molecule has 4 atom stereocenters. The van der Waals surface area contributed by atoms with E-state index in [1.54, 1.807) is 6.07 Å². The second kappa shape index (κ2) is 9.50. The van der Waals surface area contributed by atoms with Crippen LogP contribution in [0.15, 0.2) is 42.5 Å². The maximum Gasteiger partial charge on any atom is 0.279 e. The molecule has 2 aromatic carbocycles. The van der Waals surface area contributed by atoms with E-state index in [0.717, 1.165) is 29.8 Å². The van der Waals surface area contributed by atoms with Crippen LogP contribution in [0, 0.1) is 5.82 Å². The van der Waals surface area contributed by atoms with Gasteiger partial charge in [0.15, 0.2) is 0 Å². The molecule has 0 spiro atoms. The molecule has 32 heavy (non-hydrogen) atoms. The molecule has 3 N–H and O–H groups in total. The Balaban J connectivity index is 1.11. The number of nitrogens with zero attached hydrogens (tertiary/aromatic N) is 2. The summed E-state index contributed by atoms with van der Waals surface area (Å²) in [6.45, 7) is 1.48. The quantitative estimate of drug-likeness (QED) is 0.478. The van der Waals surface area contributed by atoms with Crippen molar-refractivity contribution in [3.8, 4) is 16.7 Å². The van der Waals surface area contributed by atoms with E-state index in [0.29, 0.717) is 35.2 Å². The molecule has 170 valence electrons. The summed E-state index contributed by atoms with van der Waals surface area (Å²) in [6.07, 6.45) is 4.29. The van der Waals surface area contributed by atoms with Crippen LogP contribution >= 0.6 is 11.3 Å². The first kappa shape index (κ1) is 21.9. The first-order valence-electron chi connectivity index (χ1n) is 10.7. The van der Waals surface area contributed by atoms with Crippen molar-refractivity contribution in [3.05, 3.63) is 48.3 Å². The third kappa shape index (κ3) is 5.00. The van der Waals surface area contributed by atoms with E-state index in [-0.39, 0.29) is 11.9 Å². The second-order valence-corrected chi connectivity index (χ2v) is 10.0. The zero-order valence-corrected chi connectivity index (χ0v) is 19.0. The molecule has 1 unspecified atom stereocenters. The molecule has 3 aromatic rings. The number of hydrogen-bond acceptors (Lipinski definition) is 8. The Morgan fingerprint density at radius 3 is 2.59 bits per heavy atom. The number of fused-ring (bicyclic) bond motifs is 3. The van der Waals surface area contributed by atoms with E-state index < -0.39 is 11.5 Å². The number of piperidine rings is 1. The van der Waals surface area contributed by atoms with E-state index >= 15 is 0 Å². The zero-order chi connectivity index (χ0) is 22.1. The van der Waals surface area contributed by atoms with Gasteiger partial charge < -0.3 is 14.0 Å². The summed E-state index contributed by atoms with van der Waals surface area (Å²) in [4.78, 5) is 6.84.